The molecule has 6 heteroatoms. The molecule has 0 bridgehead atoms. The van der Waals surface area contributed by atoms with Crippen LogP contribution in [0.15, 0.2) is 0 Å². The van der Waals surface area contributed by atoms with Gasteiger partial charge in [0.05, 0.1) is 4.87 Å². The zero-order valence-corrected chi connectivity index (χ0v) is 11.7. The molecular weight excluding hydrogens is 252 g/mol. The number of ether oxygens (including phenoxy) is 1. The largest absolute Gasteiger partial charge is 0.385 e. The third kappa shape index (κ3) is 2.49. The highest BCUT2D eigenvalue weighted by atomic mass is 32.2. The first kappa shape index (κ1) is 13.7. The van der Waals surface area contributed by atoms with Crippen LogP contribution < -0.4 is 5.32 Å². The SMILES string of the molecule is COCCCNC(=O)[C@H]1CS[C@]2(C)CCC(=O)N12. The van der Waals surface area contributed by atoms with E-state index in [1.54, 1.807) is 23.8 Å². The van der Waals surface area contributed by atoms with Crippen molar-refractivity contribution in [2.45, 2.75) is 37.1 Å². The monoisotopic (exact) mass is 272 g/mol. The van der Waals surface area contributed by atoms with Crippen LogP contribution in [0.4, 0.5) is 0 Å². The molecule has 2 atom stereocenters. The Hall–Kier alpha value is -0.750. The molecule has 0 aromatic rings. The number of hydrogen-bond donors (Lipinski definition) is 1. The summed E-state index contributed by atoms with van der Waals surface area (Å²) in [7, 11) is 1.64. The number of rotatable bonds is 5. The molecule has 2 rings (SSSR count). The van der Waals surface area contributed by atoms with Gasteiger partial charge in [-0.3, -0.25) is 9.59 Å². The van der Waals surface area contributed by atoms with E-state index in [4.69, 9.17) is 4.74 Å². The maximum atomic E-state index is 12.1. The standard InChI is InChI=1S/C12H20N2O3S/c1-12-5-4-10(15)14(12)9(8-18-12)11(16)13-6-3-7-17-2/h9H,3-8H2,1-2H3,(H,13,16)/t9-,12-/m1/s1. The van der Waals surface area contributed by atoms with Crippen molar-refractivity contribution < 1.29 is 14.3 Å². The van der Waals surface area contributed by atoms with E-state index in [0.29, 0.717) is 25.3 Å². The molecule has 0 aromatic carbocycles. The Labute approximate surface area is 112 Å². The summed E-state index contributed by atoms with van der Waals surface area (Å²) in [5, 5.41) is 2.88. The molecule has 0 aromatic heterocycles. The second-order valence-corrected chi connectivity index (χ2v) is 6.40. The van der Waals surface area contributed by atoms with Gasteiger partial charge < -0.3 is 15.0 Å². The minimum atomic E-state index is -0.294. The van der Waals surface area contributed by atoms with E-state index < -0.39 is 0 Å². The lowest BCUT2D eigenvalue weighted by Gasteiger charge is -2.29. The topological polar surface area (TPSA) is 58.6 Å². The van der Waals surface area contributed by atoms with E-state index in [0.717, 1.165) is 12.8 Å². The van der Waals surface area contributed by atoms with Crippen LogP contribution in [0.3, 0.4) is 0 Å². The first-order chi connectivity index (χ1) is 8.58. The number of methoxy groups -OCH3 is 1. The molecule has 2 fully saturated rings. The molecule has 0 unspecified atom stereocenters. The fourth-order valence-electron chi connectivity index (χ4n) is 2.56. The molecule has 2 heterocycles. The number of carbonyl (C=O) groups is 2. The lowest BCUT2D eigenvalue weighted by atomic mass is 10.2. The smallest absolute Gasteiger partial charge is 0.243 e. The van der Waals surface area contributed by atoms with E-state index in [2.05, 4.69) is 12.2 Å². The summed E-state index contributed by atoms with van der Waals surface area (Å²) in [4.78, 5) is 25.6. The summed E-state index contributed by atoms with van der Waals surface area (Å²) in [6, 6.07) is -0.294. The molecule has 2 saturated heterocycles. The normalized spacial score (nSPS) is 30.7. The summed E-state index contributed by atoms with van der Waals surface area (Å²) in [6.07, 6.45) is 2.22. The predicted octanol–water partition coefficient (Wildman–Crippen LogP) is 0.593. The Balaban J connectivity index is 1.89. The van der Waals surface area contributed by atoms with Gasteiger partial charge in [0, 0.05) is 32.4 Å². The zero-order valence-electron chi connectivity index (χ0n) is 10.9. The maximum absolute atomic E-state index is 12.1. The molecule has 0 aliphatic carbocycles. The summed E-state index contributed by atoms with van der Waals surface area (Å²) in [5.41, 5.74) is 0. The van der Waals surface area contributed by atoms with Crippen LogP contribution in [0.5, 0.6) is 0 Å². The molecule has 2 amide bonds. The van der Waals surface area contributed by atoms with Crippen LogP contribution in [-0.4, -0.2) is 53.6 Å². The molecule has 0 radical (unpaired) electrons. The van der Waals surface area contributed by atoms with Crippen LogP contribution in [0.25, 0.3) is 0 Å². The van der Waals surface area contributed by atoms with E-state index in [9.17, 15) is 9.59 Å². The van der Waals surface area contributed by atoms with E-state index in [1.165, 1.54) is 0 Å². The highest BCUT2D eigenvalue weighted by molar-refractivity contribution is 8.01. The molecule has 0 spiro atoms. The fourth-order valence-corrected chi connectivity index (χ4v) is 3.99. The Bertz CT molecular complexity index is 350. The Kier molecular flexibility index (Phi) is 4.17. The van der Waals surface area contributed by atoms with Gasteiger partial charge in [-0.15, -0.1) is 11.8 Å². The van der Waals surface area contributed by atoms with Gasteiger partial charge in [0.2, 0.25) is 11.8 Å². The van der Waals surface area contributed by atoms with Crippen molar-refractivity contribution >= 4 is 23.6 Å². The lowest BCUT2D eigenvalue weighted by Crippen LogP contribution is -2.50. The predicted molar refractivity (Wildman–Crippen MR) is 70.2 cm³/mol. The van der Waals surface area contributed by atoms with Crippen molar-refractivity contribution in [3.63, 3.8) is 0 Å². The van der Waals surface area contributed by atoms with Gasteiger partial charge in [0.25, 0.3) is 0 Å². The zero-order chi connectivity index (χ0) is 13.2. The summed E-state index contributed by atoms with van der Waals surface area (Å²) in [5.74, 6) is 0.787. The Morgan fingerprint density at radius 3 is 3.17 bits per heavy atom. The molecule has 5 nitrogen and oxygen atoms in total. The van der Waals surface area contributed by atoms with Crippen LogP contribution >= 0.6 is 11.8 Å². The van der Waals surface area contributed by atoms with Gasteiger partial charge in [-0.1, -0.05) is 0 Å². The van der Waals surface area contributed by atoms with E-state index in [-0.39, 0.29) is 22.7 Å². The highest BCUT2D eigenvalue weighted by Crippen LogP contribution is 2.47. The van der Waals surface area contributed by atoms with Crippen LogP contribution in [0.2, 0.25) is 0 Å². The summed E-state index contributed by atoms with van der Waals surface area (Å²) in [6.45, 7) is 3.30. The summed E-state index contributed by atoms with van der Waals surface area (Å²) >= 11 is 1.72. The fraction of sp³-hybridized carbons (Fsp3) is 0.833. The maximum Gasteiger partial charge on any atom is 0.243 e. The van der Waals surface area contributed by atoms with Gasteiger partial charge in [-0.25, -0.2) is 0 Å². The van der Waals surface area contributed by atoms with Gasteiger partial charge >= 0.3 is 0 Å². The van der Waals surface area contributed by atoms with Crippen molar-refractivity contribution in [2.75, 3.05) is 26.0 Å². The number of thioether (sulfide) groups is 1. The van der Waals surface area contributed by atoms with Crippen LogP contribution in [0, 0.1) is 0 Å². The number of hydrogen-bond acceptors (Lipinski definition) is 4. The molecule has 1 N–H and O–H groups in total. The second-order valence-electron chi connectivity index (χ2n) is 4.90. The average molecular weight is 272 g/mol. The molecule has 2 aliphatic heterocycles. The number of amides is 2. The highest BCUT2D eigenvalue weighted by Gasteiger charge is 2.52. The minimum absolute atomic E-state index is 0.0300. The molecule has 18 heavy (non-hydrogen) atoms. The third-order valence-electron chi connectivity index (χ3n) is 3.57. The molecule has 0 saturated carbocycles. The second kappa shape index (κ2) is 5.48. The first-order valence-corrected chi connectivity index (χ1v) is 7.30. The Morgan fingerprint density at radius 1 is 1.67 bits per heavy atom. The minimum Gasteiger partial charge on any atom is -0.385 e. The number of fused-ring (bicyclic) bond motifs is 1. The van der Waals surface area contributed by atoms with Crippen molar-refractivity contribution in [1.29, 1.82) is 0 Å². The van der Waals surface area contributed by atoms with Crippen molar-refractivity contribution in [3.05, 3.63) is 0 Å². The van der Waals surface area contributed by atoms with Gasteiger partial charge in [0.1, 0.15) is 6.04 Å². The Morgan fingerprint density at radius 2 is 2.44 bits per heavy atom. The molecule has 2 aliphatic rings. The van der Waals surface area contributed by atoms with Crippen LogP contribution in [0.1, 0.15) is 26.2 Å². The van der Waals surface area contributed by atoms with Gasteiger partial charge in [0.15, 0.2) is 0 Å². The quantitative estimate of drug-likeness (QED) is 0.744. The van der Waals surface area contributed by atoms with Gasteiger partial charge in [-0.05, 0) is 19.8 Å². The number of carbonyl (C=O) groups excluding carboxylic acids is 2. The molecule has 102 valence electrons. The number of nitrogens with one attached hydrogen (secondary N) is 1. The summed E-state index contributed by atoms with van der Waals surface area (Å²) < 4.78 is 4.93. The van der Waals surface area contributed by atoms with Crippen molar-refractivity contribution in [2.24, 2.45) is 0 Å². The average Bonchev–Trinajstić information content (AvgIpc) is 2.83. The van der Waals surface area contributed by atoms with Crippen molar-refractivity contribution in [3.8, 4) is 0 Å². The first-order valence-electron chi connectivity index (χ1n) is 6.31. The lowest BCUT2D eigenvalue weighted by molar-refractivity contribution is -0.137. The van der Waals surface area contributed by atoms with Crippen molar-refractivity contribution in [1.82, 2.24) is 10.2 Å². The van der Waals surface area contributed by atoms with E-state index in [1.807, 2.05) is 0 Å². The van der Waals surface area contributed by atoms with E-state index >= 15 is 0 Å². The molecular formula is C12H20N2O3S. The van der Waals surface area contributed by atoms with Gasteiger partial charge in [-0.2, -0.15) is 0 Å². The third-order valence-corrected chi connectivity index (χ3v) is 5.08. The number of nitrogens with zero attached hydrogens (tertiary/aromatic N) is 1. The van der Waals surface area contributed by atoms with Crippen LogP contribution in [-0.2, 0) is 14.3 Å².